The van der Waals surface area contributed by atoms with Gasteiger partial charge in [-0.1, -0.05) is 13.8 Å². The van der Waals surface area contributed by atoms with Crippen molar-refractivity contribution >= 4 is 29.0 Å². The lowest BCUT2D eigenvalue weighted by Crippen LogP contribution is -2.45. The van der Waals surface area contributed by atoms with Gasteiger partial charge in [0, 0.05) is 6.54 Å². The Kier molecular flexibility index (Phi) is 3.09. The van der Waals surface area contributed by atoms with Crippen LogP contribution >= 0.6 is 11.6 Å². The summed E-state index contributed by atoms with van der Waals surface area (Å²) >= 11 is 6.03. The number of amides is 1. The minimum absolute atomic E-state index is 0.0564. The number of aromatic nitrogens is 2. The summed E-state index contributed by atoms with van der Waals surface area (Å²) in [5.41, 5.74) is 1.59. The molecular weight excluding hydrogens is 264 g/mol. The Bertz CT molecular complexity index is 532. The van der Waals surface area contributed by atoms with Crippen molar-refractivity contribution < 1.29 is 4.79 Å². The summed E-state index contributed by atoms with van der Waals surface area (Å²) in [4.78, 5) is 22.8. The van der Waals surface area contributed by atoms with E-state index in [1.165, 1.54) is 0 Å². The first-order valence-electron chi connectivity index (χ1n) is 6.70. The Morgan fingerprint density at radius 2 is 2.26 bits per heavy atom. The lowest BCUT2D eigenvalue weighted by atomic mass is 10.0. The van der Waals surface area contributed by atoms with Crippen LogP contribution in [0.5, 0.6) is 0 Å². The highest BCUT2D eigenvalue weighted by molar-refractivity contribution is 6.28. The van der Waals surface area contributed by atoms with E-state index in [1.54, 1.807) is 0 Å². The summed E-state index contributed by atoms with van der Waals surface area (Å²) in [6, 6.07) is -0.0923. The molecule has 1 aromatic heterocycles. The number of nitrogens with one attached hydrogen (secondary N) is 1. The molecule has 1 fully saturated rings. The number of carbonyl (C=O) groups excluding carboxylic acids is 1. The van der Waals surface area contributed by atoms with Crippen LogP contribution in [0.3, 0.4) is 0 Å². The Hall–Kier alpha value is -1.36. The number of anilines is 2. The van der Waals surface area contributed by atoms with Crippen LogP contribution in [0, 0.1) is 5.92 Å². The van der Waals surface area contributed by atoms with Gasteiger partial charge in [0.1, 0.15) is 11.7 Å². The van der Waals surface area contributed by atoms with Gasteiger partial charge >= 0.3 is 0 Å². The summed E-state index contributed by atoms with van der Waals surface area (Å²) in [6.07, 6.45) is 2.68. The maximum atomic E-state index is 12.1. The van der Waals surface area contributed by atoms with Gasteiger partial charge in [-0.15, -0.1) is 0 Å². The summed E-state index contributed by atoms with van der Waals surface area (Å²) in [6.45, 7) is 5.09. The van der Waals surface area contributed by atoms with Crippen LogP contribution in [-0.2, 0) is 11.2 Å². The predicted octanol–water partition coefficient (Wildman–Crippen LogP) is 2.25. The maximum absolute atomic E-state index is 12.1. The molecule has 0 aliphatic carbocycles. The van der Waals surface area contributed by atoms with E-state index in [4.69, 9.17) is 11.6 Å². The number of carbonyl (C=O) groups is 1. The van der Waals surface area contributed by atoms with Crippen molar-refractivity contribution in [1.82, 2.24) is 9.97 Å². The van der Waals surface area contributed by atoms with Crippen LogP contribution in [0.4, 0.5) is 11.5 Å². The topological polar surface area (TPSA) is 58.1 Å². The van der Waals surface area contributed by atoms with Gasteiger partial charge < -0.3 is 10.2 Å². The van der Waals surface area contributed by atoms with Crippen molar-refractivity contribution in [2.45, 2.75) is 39.2 Å². The first-order chi connectivity index (χ1) is 9.06. The molecule has 1 N–H and O–H groups in total. The van der Waals surface area contributed by atoms with Crippen molar-refractivity contribution in [1.29, 1.82) is 0 Å². The van der Waals surface area contributed by atoms with Crippen LogP contribution in [0.15, 0.2) is 0 Å². The van der Waals surface area contributed by atoms with Gasteiger partial charge in [0.25, 0.3) is 0 Å². The van der Waals surface area contributed by atoms with Gasteiger partial charge in [0.15, 0.2) is 5.82 Å². The van der Waals surface area contributed by atoms with Crippen molar-refractivity contribution in [2.24, 2.45) is 5.92 Å². The van der Waals surface area contributed by atoms with Crippen molar-refractivity contribution in [3.05, 3.63) is 11.0 Å². The van der Waals surface area contributed by atoms with Gasteiger partial charge in [-0.05, 0) is 36.8 Å². The van der Waals surface area contributed by atoms with E-state index in [2.05, 4.69) is 34.0 Å². The summed E-state index contributed by atoms with van der Waals surface area (Å²) in [5.74, 6) is 1.29. The minimum atomic E-state index is -0.0923. The van der Waals surface area contributed by atoms with Crippen molar-refractivity contribution in [3.63, 3.8) is 0 Å². The average molecular weight is 281 g/mol. The third-order valence-electron chi connectivity index (χ3n) is 3.61. The van der Waals surface area contributed by atoms with E-state index in [0.29, 0.717) is 5.92 Å². The zero-order valence-corrected chi connectivity index (χ0v) is 11.9. The molecule has 1 unspecified atom stereocenters. The fraction of sp³-hybridized carbons (Fsp3) is 0.615. The molecule has 0 saturated carbocycles. The molecule has 0 radical (unpaired) electrons. The van der Waals surface area contributed by atoms with E-state index in [9.17, 15) is 4.79 Å². The van der Waals surface area contributed by atoms with Gasteiger partial charge in [-0.3, -0.25) is 4.79 Å². The molecule has 3 heterocycles. The minimum Gasteiger partial charge on any atom is -0.343 e. The molecule has 102 valence electrons. The standard InChI is InChI=1S/C13H17ClN4O/c1-7(2)6-8-10-11(17-13(14)15-8)18-5-3-4-9(18)12(19)16-10/h7,9H,3-6H2,1-2H3,(H,16,19). The normalized spacial score (nSPS) is 21.4. The molecule has 6 heteroatoms. The molecule has 2 aliphatic heterocycles. The molecule has 3 rings (SSSR count). The average Bonchev–Trinajstić information content (AvgIpc) is 2.80. The SMILES string of the molecule is CC(C)Cc1nc(Cl)nc2c1NC(=O)C1CCCN21. The number of fused-ring (bicyclic) bond motifs is 3. The first kappa shape index (κ1) is 12.7. The van der Waals surface area contributed by atoms with Crippen LogP contribution in [-0.4, -0.2) is 28.5 Å². The number of hydrogen-bond donors (Lipinski definition) is 1. The molecule has 1 atom stereocenters. The van der Waals surface area contributed by atoms with Crippen LogP contribution in [0.25, 0.3) is 0 Å². The quantitative estimate of drug-likeness (QED) is 0.844. The molecule has 0 spiro atoms. The van der Waals surface area contributed by atoms with E-state index < -0.39 is 0 Å². The second-order valence-corrected chi connectivity index (χ2v) is 5.91. The summed E-state index contributed by atoms with van der Waals surface area (Å²) in [5, 5.41) is 3.23. The third-order valence-corrected chi connectivity index (χ3v) is 3.78. The zero-order valence-electron chi connectivity index (χ0n) is 11.1. The second-order valence-electron chi connectivity index (χ2n) is 5.58. The highest BCUT2D eigenvalue weighted by Gasteiger charge is 2.38. The van der Waals surface area contributed by atoms with Crippen LogP contribution < -0.4 is 10.2 Å². The van der Waals surface area contributed by atoms with Crippen LogP contribution in [0.1, 0.15) is 32.4 Å². The summed E-state index contributed by atoms with van der Waals surface area (Å²) < 4.78 is 0. The van der Waals surface area contributed by atoms with E-state index >= 15 is 0 Å². The van der Waals surface area contributed by atoms with E-state index in [0.717, 1.165) is 43.0 Å². The molecule has 1 saturated heterocycles. The predicted molar refractivity (Wildman–Crippen MR) is 74.6 cm³/mol. The van der Waals surface area contributed by atoms with Gasteiger partial charge in [-0.25, -0.2) is 4.98 Å². The molecule has 0 aromatic carbocycles. The summed E-state index contributed by atoms with van der Waals surface area (Å²) in [7, 11) is 0. The third kappa shape index (κ3) is 2.16. The van der Waals surface area contributed by atoms with E-state index in [-0.39, 0.29) is 17.2 Å². The molecule has 5 nitrogen and oxygen atoms in total. The number of halogens is 1. The monoisotopic (exact) mass is 280 g/mol. The smallest absolute Gasteiger partial charge is 0.247 e. The lowest BCUT2D eigenvalue weighted by Gasteiger charge is -2.32. The Labute approximate surface area is 117 Å². The Balaban J connectivity index is 2.09. The largest absolute Gasteiger partial charge is 0.343 e. The number of rotatable bonds is 2. The van der Waals surface area contributed by atoms with Crippen molar-refractivity contribution in [3.8, 4) is 0 Å². The molecule has 0 bridgehead atoms. The molecule has 1 amide bonds. The maximum Gasteiger partial charge on any atom is 0.247 e. The fourth-order valence-corrected chi connectivity index (χ4v) is 3.02. The number of nitrogens with zero attached hydrogens (tertiary/aromatic N) is 3. The fourth-order valence-electron chi connectivity index (χ4n) is 2.83. The van der Waals surface area contributed by atoms with E-state index in [1.807, 2.05) is 0 Å². The molecular formula is C13H17ClN4O. The Morgan fingerprint density at radius 1 is 1.47 bits per heavy atom. The zero-order chi connectivity index (χ0) is 13.6. The highest BCUT2D eigenvalue weighted by atomic mass is 35.5. The molecule has 1 aromatic rings. The Morgan fingerprint density at radius 3 is 3.00 bits per heavy atom. The second kappa shape index (κ2) is 4.63. The first-order valence-corrected chi connectivity index (χ1v) is 7.08. The molecule has 2 aliphatic rings. The van der Waals surface area contributed by atoms with Gasteiger partial charge in [0.2, 0.25) is 11.2 Å². The highest BCUT2D eigenvalue weighted by Crippen LogP contribution is 2.38. The number of hydrogen-bond acceptors (Lipinski definition) is 4. The van der Waals surface area contributed by atoms with Crippen molar-refractivity contribution in [2.75, 3.05) is 16.8 Å². The van der Waals surface area contributed by atoms with Crippen LogP contribution in [0.2, 0.25) is 5.28 Å². The van der Waals surface area contributed by atoms with Gasteiger partial charge in [0.05, 0.1) is 5.69 Å². The molecule has 19 heavy (non-hydrogen) atoms. The van der Waals surface area contributed by atoms with Gasteiger partial charge in [-0.2, -0.15) is 4.98 Å². The lowest BCUT2D eigenvalue weighted by molar-refractivity contribution is -0.117.